The first-order valence-corrected chi connectivity index (χ1v) is 8.59. The van der Waals surface area contributed by atoms with Gasteiger partial charge in [-0.25, -0.2) is 0 Å². The summed E-state index contributed by atoms with van der Waals surface area (Å²) in [7, 11) is 2.11. The van der Waals surface area contributed by atoms with Crippen LogP contribution in [0, 0.1) is 12.8 Å². The van der Waals surface area contributed by atoms with E-state index in [4.69, 9.17) is 4.74 Å². The van der Waals surface area contributed by atoms with Crippen LogP contribution in [0.2, 0.25) is 0 Å². The normalized spacial score (nSPS) is 22.1. The maximum Gasteiger partial charge on any atom is 0.227 e. The van der Waals surface area contributed by atoms with Crippen LogP contribution < -0.4 is 0 Å². The fraction of sp³-hybridized carbons (Fsp3) is 0.667. The zero-order valence-corrected chi connectivity index (χ0v) is 14.2. The summed E-state index contributed by atoms with van der Waals surface area (Å²) in [6.45, 7) is 6.18. The molecule has 1 saturated carbocycles. The molecule has 2 heterocycles. The molecule has 1 amide bonds. The van der Waals surface area contributed by atoms with Gasteiger partial charge in [0.05, 0.1) is 19.1 Å². The molecule has 2 aliphatic rings. The van der Waals surface area contributed by atoms with Crippen LogP contribution in [-0.4, -0.2) is 66.6 Å². The van der Waals surface area contributed by atoms with Gasteiger partial charge in [-0.2, -0.15) is 0 Å². The van der Waals surface area contributed by atoms with Crippen LogP contribution in [0.5, 0.6) is 0 Å². The van der Waals surface area contributed by atoms with E-state index >= 15 is 0 Å². The van der Waals surface area contributed by atoms with Gasteiger partial charge in [0, 0.05) is 38.1 Å². The van der Waals surface area contributed by atoms with Gasteiger partial charge in [0.15, 0.2) is 0 Å². The van der Waals surface area contributed by atoms with E-state index in [1.807, 2.05) is 30.2 Å². The number of hydrogen-bond donors (Lipinski definition) is 0. The molecule has 0 bridgehead atoms. The highest BCUT2D eigenvalue weighted by Gasteiger charge is 2.29. The molecule has 1 aromatic rings. The molecule has 0 spiro atoms. The fourth-order valence-corrected chi connectivity index (χ4v) is 3.00. The lowest BCUT2D eigenvalue weighted by molar-refractivity contribution is -0.134. The molecule has 0 N–H and O–H groups in total. The smallest absolute Gasteiger partial charge is 0.227 e. The summed E-state index contributed by atoms with van der Waals surface area (Å²) in [5.41, 5.74) is 1.97. The van der Waals surface area contributed by atoms with E-state index in [-0.39, 0.29) is 12.0 Å². The van der Waals surface area contributed by atoms with Crippen molar-refractivity contribution in [1.29, 1.82) is 0 Å². The minimum absolute atomic E-state index is 0.132. The van der Waals surface area contributed by atoms with Crippen molar-refractivity contribution in [3.63, 3.8) is 0 Å². The predicted octanol–water partition coefficient (Wildman–Crippen LogP) is 1.50. The Morgan fingerprint density at radius 2 is 2.22 bits per heavy atom. The van der Waals surface area contributed by atoms with E-state index in [0.29, 0.717) is 18.9 Å². The molecular weight excluding hydrogens is 290 g/mol. The molecule has 5 nitrogen and oxygen atoms in total. The number of carbonyl (C=O) groups excluding carboxylic acids is 1. The second-order valence-electron chi connectivity index (χ2n) is 6.98. The summed E-state index contributed by atoms with van der Waals surface area (Å²) in [5, 5.41) is 0. The molecule has 0 unspecified atom stereocenters. The molecule has 5 heteroatoms. The third-order valence-electron chi connectivity index (χ3n) is 4.62. The number of nitrogens with zero attached hydrogens (tertiary/aromatic N) is 3. The molecule has 3 rings (SSSR count). The number of ether oxygens (including phenoxy) is 1. The number of hydrogen-bond acceptors (Lipinski definition) is 4. The van der Waals surface area contributed by atoms with Crippen LogP contribution in [0.25, 0.3) is 0 Å². The zero-order chi connectivity index (χ0) is 16.2. The molecule has 0 radical (unpaired) electrons. The van der Waals surface area contributed by atoms with Crippen molar-refractivity contribution in [1.82, 2.24) is 14.8 Å². The van der Waals surface area contributed by atoms with Crippen molar-refractivity contribution in [2.45, 2.75) is 32.3 Å². The van der Waals surface area contributed by atoms with Crippen LogP contribution in [0.1, 0.15) is 24.1 Å². The van der Waals surface area contributed by atoms with Gasteiger partial charge in [-0.05, 0) is 44.4 Å². The second-order valence-corrected chi connectivity index (χ2v) is 6.98. The van der Waals surface area contributed by atoms with Gasteiger partial charge in [-0.3, -0.25) is 9.78 Å². The minimum Gasteiger partial charge on any atom is -0.374 e. The van der Waals surface area contributed by atoms with Crippen molar-refractivity contribution in [3.05, 3.63) is 29.6 Å². The molecule has 23 heavy (non-hydrogen) atoms. The Morgan fingerprint density at radius 1 is 1.39 bits per heavy atom. The summed E-state index contributed by atoms with van der Waals surface area (Å²) in [6, 6.07) is 3.97. The largest absolute Gasteiger partial charge is 0.374 e. The minimum atomic E-state index is 0.132. The summed E-state index contributed by atoms with van der Waals surface area (Å²) >= 11 is 0. The lowest BCUT2D eigenvalue weighted by Crippen LogP contribution is -2.48. The van der Waals surface area contributed by atoms with Gasteiger partial charge in [0.1, 0.15) is 0 Å². The van der Waals surface area contributed by atoms with Crippen LogP contribution in [0.4, 0.5) is 0 Å². The Kier molecular flexibility index (Phi) is 5.28. The number of amides is 1. The molecule has 0 aromatic carbocycles. The predicted molar refractivity (Wildman–Crippen MR) is 89.2 cm³/mol. The van der Waals surface area contributed by atoms with E-state index in [2.05, 4.69) is 16.9 Å². The molecule has 1 aliphatic heterocycles. The quantitative estimate of drug-likeness (QED) is 0.798. The lowest BCUT2D eigenvalue weighted by atomic mass is 10.1. The topological polar surface area (TPSA) is 45.7 Å². The van der Waals surface area contributed by atoms with Crippen LogP contribution >= 0.6 is 0 Å². The van der Waals surface area contributed by atoms with Crippen molar-refractivity contribution in [3.8, 4) is 0 Å². The lowest BCUT2D eigenvalue weighted by Gasteiger charge is -2.34. The highest BCUT2D eigenvalue weighted by Crippen LogP contribution is 2.30. The van der Waals surface area contributed by atoms with Crippen LogP contribution in [0.3, 0.4) is 0 Å². The molecular formula is C18H27N3O2. The maximum absolute atomic E-state index is 12.7. The standard InChI is InChI=1S/C18H27N3O2/c1-14-3-4-16(10-19-14)9-18(22)21(11-15-5-6-15)13-17-12-20(2)7-8-23-17/h3-4,10,15,17H,5-9,11-13H2,1-2H3/t17-/m0/s1. The van der Waals surface area contributed by atoms with E-state index in [1.165, 1.54) is 12.8 Å². The van der Waals surface area contributed by atoms with Gasteiger partial charge >= 0.3 is 0 Å². The highest BCUT2D eigenvalue weighted by atomic mass is 16.5. The van der Waals surface area contributed by atoms with Gasteiger partial charge in [0.2, 0.25) is 5.91 Å². The molecule has 126 valence electrons. The Labute approximate surface area is 138 Å². The van der Waals surface area contributed by atoms with E-state index in [9.17, 15) is 4.79 Å². The number of morpholine rings is 1. The van der Waals surface area contributed by atoms with Crippen molar-refractivity contribution in [2.75, 3.05) is 39.8 Å². The van der Waals surface area contributed by atoms with E-state index in [0.717, 1.165) is 37.5 Å². The summed E-state index contributed by atoms with van der Waals surface area (Å²) in [5.74, 6) is 0.885. The molecule has 2 fully saturated rings. The van der Waals surface area contributed by atoms with E-state index < -0.39 is 0 Å². The summed E-state index contributed by atoms with van der Waals surface area (Å²) in [6.07, 6.45) is 4.88. The van der Waals surface area contributed by atoms with Crippen molar-refractivity contribution in [2.24, 2.45) is 5.92 Å². The van der Waals surface area contributed by atoms with Gasteiger partial charge < -0.3 is 14.5 Å². The number of rotatable bonds is 6. The van der Waals surface area contributed by atoms with Crippen LogP contribution in [-0.2, 0) is 16.0 Å². The number of pyridine rings is 1. The number of aryl methyl sites for hydroxylation is 1. The maximum atomic E-state index is 12.7. The highest BCUT2D eigenvalue weighted by molar-refractivity contribution is 5.78. The fourth-order valence-electron chi connectivity index (χ4n) is 3.00. The van der Waals surface area contributed by atoms with Crippen LogP contribution in [0.15, 0.2) is 18.3 Å². The molecule has 1 atom stereocenters. The Bertz CT molecular complexity index is 528. The number of likely N-dealkylation sites (N-methyl/N-ethyl adjacent to an activating group) is 1. The second kappa shape index (κ2) is 7.41. The number of carbonyl (C=O) groups is 1. The Balaban J connectivity index is 1.60. The third kappa shape index (κ3) is 5.01. The van der Waals surface area contributed by atoms with Gasteiger partial charge in [-0.1, -0.05) is 6.07 Å². The average Bonchev–Trinajstić information content (AvgIpc) is 3.33. The summed E-state index contributed by atoms with van der Waals surface area (Å²) in [4.78, 5) is 21.3. The Hall–Kier alpha value is -1.46. The zero-order valence-electron chi connectivity index (χ0n) is 14.2. The van der Waals surface area contributed by atoms with Crippen molar-refractivity contribution < 1.29 is 9.53 Å². The van der Waals surface area contributed by atoms with E-state index in [1.54, 1.807) is 0 Å². The van der Waals surface area contributed by atoms with Crippen molar-refractivity contribution >= 4 is 5.91 Å². The monoisotopic (exact) mass is 317 g/mol. The first-order valence-electron chi connectivity index (χ1n) is 8.59. The molecule has 1 saturated heterocycles. The molecule has 1 aromatic heterocycles. The first-order chi connectivity index (χ1) is 11.1. The SMILES string of the molecule is Cc1ccc(CC(=O)N(CC2CC2)C[C@@H]2CN(C)CCO2)cn1. The Morgan fingerprint density at radius 3 is 2.87 bits per heavy atom. The van der Waals surface area contributed by atoms with Gasteiger partial charge in [0.25, 0.3) is 0 Å². The summed E-state index contributed by atoms with van der Waals surface area (Å²) < 4.78 is 5.85. The third-order valence-corrected chi connectivity index (χ3v) is 4.62. The average molecular weight is 317 g/mol. The van der Waals surface area contributed by atoms with Gasteiger partial charge in [-0.15, -0.1) is 0 Å². The number of aromatic nitrogens is 1. The molecule has 1 aliphatic carbocycles. The first kappa shape index (κ1) is 16.4.